The van der Waals surface area contributed by atoms with Gasteiger partial charge in [0.15, 0.2) is 6.29 Å². The lowest BCUT2D eigenvalue weighted by atomic mass is 9.94. The molecule has 0 atom stereocenters. The highest BCUT2D eigenvalue weighted by Gasteiger charge is 2.18. The SMILES string of the molecule is CC.CN(Cc1cccc(-c2ccc(C#N)cc2)c1)C1CCCCC1.O=Cc1sc2ccccc2c1Cl. The zero-order valence-corrected chi connectivity index (χ0v) is 23.5. The van der Waals surface area contributed by atoms with E-state index in [0.717, 1.165) is 29.0 Å². The van der Waals surface area contributed by atoms with Gasteiger partial charge >= 0.3 is 0 Å². The molecule has 1 fully saturated rings. The summed E-state index contributed by atoms with van der Waals surface area (Å²) in [6.45, 7) is 5.01. The lowest BCUT2D eigenvalue weighted by Gasteiger charge is -2.31. The minimum absolute atomic E-state index is 0.575. The third-order valence-corrected chi connectivity index (χ3v) is 8.19. The first-order chi connectivity index (χ1) is 18.1. The standard InChI is InChI=1S/C21H24N2.C9H5ClOS.C2H6/c1-23(21-8-3-2-4-9-21)16-18-6-5-7-20(14-18)19-12-10-17(15-22)11-13-19;10-9-6-3-1-2-4-7(6)12-8(9)5-11;1-2/h5-7,10-14,21H,2-4,8-9,16H2,1H3;1-5H;1-2H3. The van der Waals surface area contributed by atoms with Gasteiger partial charge in [-0.1, -0.05) is 93.2 Å². The summed E-state index contributed by atoms with van der Waals surface area (Å²) in [6.07, 6.45) is 7.63. The Hall–Kier alpha value is -2.97. The summed E-state index contributed by atoms with van der Waals surface area (Å²) in [5, 5.41) is 10.4. The fourth-order valence-corrected chi connectivity index (χ4v) is 5.93. The molecule has 1 aromatic heterocycles. The number of fused-ring (bicyclic) bond motifs is 1. The van der Waals surface area contributed by atoms with Gasteiger partial charge in [-0.15, -0.1) is 11.3 Å². The number of benzene rings is 3. The number of nitriles is 1. The molecule has 1 aliphatic rings. The van der Waals surface area contributed by atoms with Crippen LogP contribution in [0.5, 0.6) is 0 Å². The number of thiophene rings is 1. The van der Waals surface area contributed by atoms with Gasteiger partial charge in [-0.2, -0.15) is 5.26 Å². The smallest absolute Gasteiger partial charge is 0.161 e. The van der Waals surface area contributed by atoms with Gasteiger partial charge < -0.3 is 0 Å². The van der Waals surface area contributed by atoms with Crippen LogP contribution in [0.25, 0.3) is 21.2 Å². The molecule has 1 heterocycles. The minimum atomic E-state index is 0.575. The van der Waals surface area contributed by atoms with Crippen molar-refractivity contribution in [2.75, 3.05) is 7.05 Å². The maximum atomic E-state index is 10.5. The van der Waals surface area contributed by atoms with Crippen LogP contribution in [-0.4, -0.2) is 24.3 Å². The summed E-state index contributed by atoms with van der Waals surface area (Å²) in [4.78, 5) is 13.6. The van der Waals surface area contributed by atoms with Crippen LogP contribution in [0.15, 0.2) is 72.8 Å². The Bertz CT molecular complexity index is 1320. The van der Waals surface area contributed by atoms with Crippen molar-refractivity contribution in [2.24, 2.45) is 0 Å². The van der Waals surface area contributed by atoms with Gasteiger partial charge in [0.05, 0.1) is 21.5 Å². The average molecular weight is 531 g/mol. The van der Waals surface area contributed by atoms with E-state index >= 15 is 0 Å². The van der Waals surface area contributed by atoms with E-state index in [-0.39, 0.29) is 0 Å². The monoisotopic (exact) mass is 530 g/mol. The van der Waals surface area contributed by atoms with Crippen LogP contribution in [-0.2, 0) is 6.54 Å². The molecule has 0 unspecified atom stereocenters. The van der Waals surface area contributed by atoms with Crippen molar-refractivity contribution in [3.63, 3.8) is 0 Å². The van der Waals surface area contributed by atoms with Crippen LogP contribution in [0, 0.1) is 11.3 Å². The van der Waals surface area contributed by atoms with Crippen molar-refractivity contribution in [1.29, 1.82) is 5.26 Å². The van der Waals surface area contributed by atoms with Crippen LogP contribution in [0.2, 0.25) is 5.02 Å². The molecular weight excluding hydrogens is 496 g/mol. The highest BCUT2D eigenvalue weighted by molar-refractivity contribution is 7.21. The highest BCUT2D eigenvalue weighted by Crippen LogP contribution is 2.33. The number of halogens is 1. The zero-order valence-electron chi connectivity index (χ0n) is 21.9. The third-order valence-electron chi connectivity index (χ3n) is 6.57. The van der Waals surface area contributed by atoms with Crippen molar-refractivity contribution >= 4 is 39.3 Å². The number of nitrogens with zero attached hydrogens (tertiary/aromatic N) is 2. The molecule has 3 aromatic carbocycles. The predicted molar refractivity (Wildman–Crippen MR) is 159 cm³/mol. The Kier molecular flexibility index (Phi) is 11.4. The molecule has 5 rings (SSSR count). The molecule has 0 amide bonds. The summed E-state index contributed by atoms with van der Waals surface area (Å²) < 4.78 is 1.06. The molecule has 1 aliphatic carbocycles. The van der Waals surface area contributed by atoms with Crippen LogP contribution >= 0.6 is 22.9 Å². The number of rotatable bonds is 5. The molecule has 4 aromatic rings. The second-order valence-electron chi connectivity index (χ2n) is 8.99. The number of hydrogen-bond acceptors (Lipinski definition) is 4. The topological polar surface area (TPSA) is 44.1 Å². The summed E-state index contributed by atoms with van der Waals surface area (Å²) in [7, 11) is 2.25. The molecule has 3 nitrogen and oxygen atoms in total. The second kappa shape index (κ2) is 14.7. The van der Waals surface area contributed by atoms with Gasteiger partial charge in [-0.05, 0) is 60.8 Å². The molecule has 1 saturated carbocycles. The quantitative estimate of drug-likeness (QED) is 0.241. The number of carbonyl (C=O) groups is 1. The average Bonchev–Trinajstić information content (AvgIpc) is 3.30. The normalized spacial score (nSPS) is 13.2. The number of aldehydes is 1. The van der Waals surface area contributed by atoms with E-state index in [9.17, 15) is 4.79 Å². The van der Waals surface area contributed by atoms with Crippen molar-refractivity contribution in [3.8, 4) is 17.2 Å². The van der Waals surface area contributed by atoms with E-state index in [1.54, 1.807) is 0 Å². The fraction of sp³-hybridized carbons (Fsp3) is 0.312. The Balaban J connectivity index is 0.000000228. The van der Waals surface area contributed by atoms with E-state index in [0.29, 0.717) is 15.5 Å². The van der Waals surface area contributed by atoms with Crippen LogP contribution in [0.3, 0.4) is 0 Å². The Morgan fingerprint density at radius 1 is 0.973 bits per heavy atom. The zero-order chi connectivity index (χ0) is 26.6. The molecule has 0 aliphatic heterocycles. The van der Waals surface area contributed by atoms with Gasteiger partial charge in [0, 0.05) is 22.7 Å². The lowest BCUT2D eigenvalue weighted by Crippen LogP contribution is -2.32. The number of carbonyl (C=O) groups excluding carboxylic acids is 1. The van der Waals surface area contributed by atoms with Crippen molar-refractivity contribution in [2.45, 2.75) is 58.5 Å². The minimum Gasteiger partial charge on any atom is -0.299 e. The fourth-order valence-electron chi connectivity index (χ4n) is 4.63. The molecule has 5 heteroatoms. The molecule has 0 bridgehead atoms. The first-order valence-electron chi connectivity index (χ1n) is 13.0. The summed E-state index contributed by atoms with van der Waals surface area (Å²) >= 11 is 7.36. The predicted octanol–water partition coefficient (Wildman–Crippen LogP) is 9.38. The van der Waals surface area contributed by atoms with Gasteiger partial charge in [0.25, 0.3) is 0 Å². The first-order valence-corrected chi connectivity index (χ1v) is 14.2. The van der Waals surface area contributed by atoms with Gasteiger partial charge in [-0.3, -0.25) is 9.69 Å². The van der Waals surface area contributed by atoms with E-state index in [4.69, 9.17) is 16.9 Å². The third kappa shape index (κ3) is 7.76. The molecule has 0 saturated heterocycles. The maximum Gasteiger partial charge on any atom is 0.161 e. The van der Waals surface area contributed by atoms with E-state index < -0.39 is 0 Å². The van der Waals surface area contributed by atoms with E-state index in [2.05, 4.69) is 42.3 Å². The summed E-state index contributed by atoms with van der Waals surface area (Å²) in [5.41, 5.74) is 4.47. The second-order valence-corrected chi connectivity index (χ2v) is 10.5. The van der Waals surface area contributed by atoms with Crippen LogP contribution < -0.4 is 0 Å². The summed E-state index contributed by atoms with van der Waals surface area (Å²) in [5.74, 6) is 0. The molecule has 0 N–H and O–H groups in total. The van der Waals surface area contributed by atoms with Gasteiger partial charge in [0.2, 0.25) is 0 Å². The largest absolute Gasteiger partial charge is 0.299 e. The number of hydrogen-bond donors (Lipinski definition) is 0. The van der Waals surface area contributed by atoms with Crippen molar-refractivity contribution in [1.82, 2.24) is 4.90 Å². The van der Waals surface area contributed by atoms with Gasteiger partial charge in [0.1, 0.15) is 0 Å². The Labute approximate surface area is 230 Å². The van der Waals surface area contributed by atoms with Crippen molar-refractivity contribution in [3.05, 3.63) is 93.8 Å². The van der Waals surface area contributed by atoms with Crippen LogP contribution in [0.1, 0.15) is 66.8 Å². The highest BCUT2D eigenvalue weighted by atomic mass is 35.5. The lowest BCUT2D eigenvalue weighted by molar-refractivity contribution is 0.112. The van der Waals surface area contributed by atoms with E-state index in [1.165, 1.54) is 60.1 Å². The van der Waals surface area contributed by atoms with Crippen LogP contribution in [0.4, 0.5) is 0 Å². The molecule has 192 valence electrons. The molecule has 0 spiro atoms. The Morgan fingerprint density at radius 3 is 2.32 bits per heavy atom. The Morgan fingerprint density at radius 2 is 1.68 bits per heavy atom. The van der Waals surface area contributed by atoms with Gasteiger partial charge in [-0.25, -0.2) is 0 Å². The first kappa shape index (κ1) is 28.6. The molecular formula is C32H35ClN2OS. The maximum absolute atomic E-state index is 10.5. The summed E-state index contributed by atoms with van der Waals surface area (Å²) in [6, 6.07) is 27.2. The van der Waals surface area contributed by atoms with Crippen molar-refractivity contribution < 1.29 is 4.79 Å². The van der Waals surface area contributed by atoms with E-state index in [1.807, 2.05) is 62.4 Å². The molecule has 37 heavy (non-hydrogen) atoms. The molecule has 0 radical (unpaired) electrons.